The number of pyridine rings is 1. The van der Waals surface area contributed by atoms with Crippen molar-refractivity contribution in [2.75, 3.05) is 13.1 Å². The highest BCUT2D eigenvalue weighted by Gasteiger charge is 2.25. The standard InChI is InChI=1S/C18H19N5OS/c1-22-12-15(10-21-22)17-20-11-16(25-17)18(24)23-8-4-14(5-9-23)13-2-6-19-7-3-13/h2-3,6-7,10-12,14H,4-5,8-9H2,1H3. The lowest BCUT2D eigenvalue weighted by molar-refractivity contribution is 0.0717. The molecule has 0 radical (unpaired) electrons. The molecule has 0 atom stereocenters. The highest BCUT2D eigenvalue weighted by Crippen LogP contribution is 2.30. The summed E-state index contributed by atoms with van der Waals surface area (Å²) in [6, 6.07) is 4.15. The Morgan fingerprint density at radius 2 is 1.96 bits per heavy atom. The van der Waals surface area contributed by atoms with Gasteiger partial charge in [-0.3, -0.25) is 14.5 Å². The predicted octanol–water partition coefficient (Wildman–Crippen LogP) is 2.96. The molecule has 1 aliphatic heterocycles. The van der Waals surface area contributed by atoms with Crippen LogP contribution in [0.15, 0.2) is 43.1 Å². The van der Waals surface area contributed by atoms with E-state index in [4.69, 9.17) is 0 Å². The first-order valence-corrected chi connectivity index (χ1v) is 9.16. The summed E-state index contributed by atoms with van der Waals surface area (Å²) in [6.45, 7) is 1.57. The summed E-state index contributed by atoms with van der Waals surface area (Å²) in [7, 11) is 1.87. The van der Waals surface area contributed by atoms with E-state index in [9.17, 15) is 4.79 Å². The molecule has 25 heavy (non-hydrogen) atoms. The van der Waals surface area contributed by atoms with Crippen molar-refractivity contribution in [2.45, 2.75) is 18.8 Å². The zero-order valence-electron chi connectivity index (χ0n) is 14.0. The fourth-order valence-electron chi connectivity index (χ4n) is 3.25. The molecule has 4 heterocycles. The average Bonchev–Trinajstić information content (AvgIpc) is 3.31. The highest BCUT2D eigenvalue weighted by atomic mass is 32.1. The number of aryl methyl sites for hydroxylation is 1. The van der Waals surface area contributed by atoms with Crippen LogP contribution >= 0.6 is 11.3 Å². The number of carbonyl (C=O) groups excluding carboxylic acids is 1. The first kappa shape index (κ1) is 16.0. The largest absolute Gasteiger partial charge is 0.338 e. The van der Waals surface area contributed by atoms with E-state index in [2.05, 4.69) is 27.2 Å². The van der Waals surface area contributed by atoms with Crippen molar-refractivity contribution in [3.05, 3.63) is 53.6 Å². The Bertz CT molecular complexity index is 864. The maximum atomic E-state index is 12.8. The van der Waals surface area contributed by atoms with Crippen molar-refractivity contribution >= 4 is 17.2 Å². The first-order chi connectivity index (χ1) is 12.2. The summed E-state index contributed by atoms with van der Waals surface area (Å²) >= 11 is 1.43. The summed E-state index contributed by atoms with van der Waals surface area (Å²) in [6.07, 6.45) is 11.0. The molecule has 0 saturated carbocycles. The Labute approximate surface area is 150 Å². The van der Waals surface area contributed by atoms with E-state index in [0.717, 1.165) is 36.5 Å². The minimum Gasteiger partial charge on any atom is -0.338 e. The van der Waals surface area contributed by atoms with E-state index in [1.165, 1.54) is 16.9 Å². The van der Waals surface area contributed by atoms with Crippen molar-refractivity contribution < 1.29 is 4.79 Å². The maximum absolute atomic E-state index is 12.8. The Morgan fingerprint density at radius 1 is 1.20 bits per heavy atom. The zero-order valence-corrected chi connectivity index (χ0v) is 14.8. The van der Waals surface area contributed by atoms with Gasteiger partial charge in [0.2, 0.25) is 0 Å². The van der Waals surface area contributed by atoms with E-state index in [-0.39, 0.29) is 5.91 Å². The van der Waals surface area contributed by atoms with Crippen molar-refractivity contribution in [3.8, 4) is 10.6 Å². The van der Waals surface area contributed by atoms with E-state index >= 15 is 0 Å². The van der Waals surface area contributed by atoms with Gasteiger partial charge in [-0.05, 0) is 36.5 Å². The van der Waals surface area contributed by atoms with Crippen LogP contribution in [-0.4, -0.2) is 43.6 Å². The second-order valence-corrected chi connectivity index (χ2v) is 7.31. The van der Waals surface area contributed by atoms with Crippen LogP contribution in [0.1, 0.15) is 34.0 Å². The Hall–Kier alpha value is -2.54. The normalized spacial score (nSPS) is 15.5. The van der Waals surface area contributed by atoms with Crippen LogP contribution in [0.25, 0.3) is 10.6 Å². The van der Waals surface area contributed by atoms with Gasteiger partial charge in [-0.25, -0.2) is 4.98 Å². The molecule has 0 spiro atoms. The van der Waals surface area contributed by atoms with Gasteiger partial charge < -0.3 is 4.90 Å². The van der Waals surface area contributed by atoms with Gasteiger partial charge in [0.1, 0.15) is 9.88 Å². The van der Waals surface area contributed by atoms with Gasteiger partial charge in [0.15, 0.2) is 0 Å². The molecular weight excluding hydrogens is 334 g/mol. The molecule has 4 rings (SSSR count). The number of piperidine rings is 1. The highest BCUT2D eigenvalue weighted by molar-refractivity contribution is 7.16. The quantitative estimate of drug-likeness (QED) is 0.726. The number of hydrogen-bond donors (Lipinski definition) is 0. The van der Waals surface area contributed by atoms with Crippen molar-refractivity contribution in [1.29, 1.82) is 0 Å². The number of amides is 1. The third-order valence-corrected chi connectivity index (χ3v) is 5.66. The SMILES string of the molecule is Cn1cc(-c2ncc(C(=O)N3CCC(c4ccncc4)CC3)s2)cn1. The van der Waals surface area contributed by atoms with Gasteiger partial charge in [-0.1, -0.05) is 0 Å². The molecule has 1 amide bonds. The maximum Gasteiger partial charge on any atom is 0.265 e. The van der Waals surface area contributed by atoms with Gasteiger partial charge in [0.25, 0.3) is 5.91 Å². The van der Waals surface area contributed by atoms with Crippen LogP contribution in [0.5, 0.6) is 0 Å². The third kappa shape index (κ3) is 3.32. The Balaban J connectivity index is 1.42. The molecule has 1 fully saturated rings. The van der Waals surface area contributed by atoms with Gasteiger partial charge in [0, 0.05) is 44.3 Å². The minimum absolute atomic E-state index is 0.0841. The number of likely N-dealkylation sites (tertiary alicyclic amines) is 1. The Morgan fingerprint density at radius 3 is 2.64 bits per heavy atom. The predicted molar refractivity (Wildman–Crippen MR) is 96.4 cm³/mol. The van der Waals surface area contributed by atoms with Crippen LogP contribution in [-0.2, 0) is 7.05 Å². The summed E-state index contributed by atoms with van der Waals surface area (Å²) in [5.74, 6) is 0.597. The van der Waals surface area contributed by atoms with Crippen LogP contribution in [0, 0.1) is 0 Å². The van der Waals surface area contributed by atoms with Crippen LogP contribution < -0.4 is 0 Å². The molecule has 0 bridgehead atoms. The number of thiazole rings is 1. The summed E-state index contributed by atoms with van der Waals surface area (Å²) < 4.78 is 1.74. The van der Waals surface area contributed by atoms with Gasteiger partial charge >= 0.3 is 0 Å². The van der Waals surface area contributed by atoms with Gasteiger partial charge in [0.05, 0.1) is 12.4 Å². The molecule has 6 nitrogen and oxygen atoms in total. The minimum atomic E-state index is 0.0841. The third-order valence-electron chi connectivity index (χ3n) is 4.63. The second kappa shape index (κ2) is 6.76. The van der Waals surface area contributed by atoms with Crippen LogP contribution in [0.4, 0.5) is 0 Å². The number of nitrogens with zero attached hydrogens (tertiary/aromatic N) is 5. The molecule has 1 saturated heterocycles. The van der Waals surface area contributed by atoms with Gasteiger partial charge in [-0.2, -0.15) is 5.10 Å². The van der Waals surface area contributed by atoms with Crippen molar-refractivity contribution in [1.82, 2.24) is 24.6 Å². The molecule has 0 aromatic carbocycles. The number of aromatic nitrogens is 4. The van der Waals surface area contributed by atoms with E-state index in [1.54, 1.807) is 17.1 Å². The topological polar surface area (TPSA) is 63.9 Å². The van der Waals surface area contributed by atoms with E-state index in [1.807, 2.05) is 30.5 Å². The van der Waals surface area contributed by atoms with Crippen molar-refractivity contribution in [2.24, 2.45) is 7.05 Å². The summed E-state index contributed by atoms with van der Waals surface area (Å²) in [4.78, 5) is 23.9. The molecule has 128 valence electrons. The Kier molecular flexibility index (Phi) is 4.31. The zero-order chi connectivity index (χ0) is 17.2. The first-order valence-electron chi connectivity index (χ1n) is 8.35. The molecule has 0 unspecified atom stereocenters. The molecule has 0 aliphatic carbocycles. The smallest absolute Gasteiger partial charge is 0.265 e. The molecular formula is C18H19N5OS. The fraction of sp³-hybridized carbons (Fsp3) is 0.333. The summed E-state index contributed by atoms with van der Waals surface area (Å²) in [5, 5.41) is 4.99. The lowest BCUT2D eigenvalue weighted by Crippen LogP contribution is -2.37. The lowest BCUT2D eigenvalue weighted by atomic mass is 9.90. The van der Waals surface area contributed by atoms with Crippen LogP contribution in [0.2, 0.25) is 0 Å². The average molecular weight is 353 g/mol. The van der Waals surface area contributed by atoms with E-state index < -0.39 is 0 Å². The van der Waals surface area contributed by atoms with Gasteiger partial charge in [-0.15, -0.1) is 11.3 Å². The van der Waals surface area contributed by atoms with Crippen molar-refractivity contribution in [3.63, 3.8) is 0 Å². The monoisotopic (exact) mass is 353 g/mol. The van der Waals surface area contributed by atoms with E-state index in [0.29, 0.717) is 10.8 Å². The molecule has 0 N–H and O–H groups in total. The fourth-order valence-corrected chi connectivity index (χ4v) is 4.10. The number of hydrogen-bond acceptors (Lipinski definition) is 5. The number of rotatable bonds is 3. The molecule has 3 aromatic rings. The molecule has 3 aromatic heterocycles. The lowest BCUT2D eigenvalue weighted by Gasteiger charge is -2.31. The van der Waals surface area contributed by atoms with Crippen LogP contribution in [0.3, 0.4) is 0 Å². The molecule has 1 aliphatic rings. The molecule has 7 heteroatoms. The summed E-state index contributed by atoms with van der Waals surface area (Å²) in [5.41, 5.74) is 2.27. The number of carbonyl (C=O) groups is 1. The second-order valence-electron chi connectivity index (χ2n) is 6.28.